The highest BCUT2D eigenvalue weighted by Gasteiger charge is 2.38. The van der Waals surface area contributed by atoms with Gasteiger partial charge in [-0.3, -0.25) is 4.79 Å². The van der Waals surface area contributed by atoms with Crippen molar-refractivity contribution in [2.45, 2.75) is 38.1 Å². The SMILES string of the molecule is COc1ccc(CC2CCC3NC(=O)C(CO)CC3C2)cc1. The monoisotopic (exact) mass is 303 g/mol. The van der Waals surface area contributed by atoms with Gasteiger partial charge < -0.3 is 15.2 Å². The van der Waals surface area contributed by atoms with Gasteiger partial charge in [0.25, 0.3) is 0 Å². The summed E-state index contributed by atoms with van der Waals surface area (Å²) >= 11 is 0. The first kappa shape index (κ1) is 15.3. The standard InChI is InChI=1S/C18H25NO3/c1-22-16-5-2-12(3-6-16)8-13-4-7-17-14(9-13)10-15(11-20)18(21)19-17/h2-3,5-6,13-15,17,20H,4,7-11H2,1H3,(H,19,21). The van der Waals surface area contributed by atoms with Crippen LogP contribution in [-0.2, 0) is 11.2 Å². The number of nitrogens with one attached hydrogen (secondary N) is 1. The van der Waals surface area contributed by atoms with E-state index in [1.165, 1.54) is 5.56 Å². The van der Waals surface area contributed by atoms with Crippen molar-refractivity contribution in [3.05, 3.63) is 29.8 Å². The molecule has 120 valence electrons. The van der Waals surface area contributed by atoms with Crippen LogP contribution in [0, 0.1) is 17.8 Å². The number of hydrogen-bond donors (Lipinski definition) is 2. The molecule has 4 atom stereocenters. The summed E-state index contributed by atoms with van der Waals surface area (Å²) in [6.45, 7) is -0.0296. The van der Waals surface area contributed by atoms with Crippen LogP contribution in [-0.4, -0.2) is 30.8 Å². The van der Waals surface area contributed by atoms with Crippen molar-refractivity contribution in [2.75, 3.05) is 13.7 Å². The molecule has 1 aliphatic carbocycles. The summed E-state index contributed by atoms with van der Waals surface area (Å²) in [6.07, 6.45) is 5.30. The number of aliphatic hydroxyl groups is 1. The number of ether oxygens (including phenoxy) is 1. The second kappa shape index (κ2) is 6.69. The van der Waals surface area contributed by atoms with Crippen molar-refractivity contribution in [3.8, 4) is 5.75 Å². The van der Waals surface area contributed by atoms with E-state index in [0.717, 1.165) is 37.9 Å². The van der Waals surface area contributed by atoms with Crippen molar-refractivity contribution in [1.82, 2.24) is 5.32 Å². The van der Waals surface area contributed by atoms with Gasteiger partial charge in [0.1, 0.15) is 5.75 Å². The fourth-order valence-electron chi connectivity index (χ4n) is 4.02. The van der Waals surface area contributed by atoms with Crippen molar-refractivity contribution >= 4 is 5.91 Å². The maximum atomic E-state index is 11.8. The quantitative estimate of drug-likeness (QED) is 0.896. The molecule has 0 bridgehead atoms. The zero-order valence-electron chi connectivity index (χ0n) is 13.1. The molecule has 0 spiro atoms. The van der Waals surface area contributed by atoms with Crippen molar-refractivity contribution < 1.29 is 14.6 Å². The fraction of sp³-hybridized carbons (Fsp3) is 0.611. The van der Waals surface area contributed by atoms with Gasteiger partial charge in [-0.05, 0) is 61.6 Å². The van der Waals surface area contributed by atoms with Crippen LogP contribution in [0.3, 0.4) is 0 Å². The molecule has 2 N–H and O–H groups in total. The number of carbonyl (C=O) groups is 1. The van der Waals surface area contributed by atoms with E-state index in [4.69, 9.17) is 4.74 Å². The van der Waals surface area contributed by atoms with Crippen molar-refractivity contribution in [3.63, 3.8) is 0 Å². The summed E-state index contributed by atoms with van der Waals surface area (Å²) in [6, 6.07) is 8.64. The van der Waals surface area contributed by atoms with Gasteiger partial charge in [-0.15, -0.1) is 0 Å². The second-order valence-electron chi connectivity index (χ2n) is 6.72. The predicted octanol–water partition coefficient (Wildman–Crippen LogP) is 2.15. The summed E-state index contributed by atoms with van der Waals surface area (Å²) in [7, 11) is 1.69. The molecule has 1 aromatic carbocycles. The summed E-state index contributed by atoms with van der Waals surface area (Å²) in [5.74, 6) is 1.92. The van der Waals surface area contributed by atoms with E-state index in [9.17, 15) is 9.90 Å². The Balaban J connectivity index is 1.59. The Morgan fingerprint density at radius 2 is 2.00 bits per heavy atom. The van der Waals surface area contributed by atoms with E-state index in [2.05, 4.69) is 17.4 Å². The molecule has 2 fully saturated rings. The zero-order chi connectivity index (χ0) is 15.5. The van der Waals surface area contributed by atoms with Crippen LogP contribution in [0.25, 0.3) is 0 Å². The van der Waals surface area contributed by atoms with E-state index in [-0.39, 0.29) is 18.4 Å². The first-order valence-corrected chi connectivity index (χ1v) is 8.23. The van der Waals surface area contributed by atoms with Gasteiger partial charge in [0, 0.05) is 6.04 Å². The molecular weight excluding hydrogens is 278 g/mol. The summed E-state index contributed by atoms with van der Waals surface area (Å²) in [4.78, 5) is 11.8. The summed E-state index contributed by atoms with van der Waals surface area (Å²) in [5.41, 5.74) is 1.35. The Bertz CT molecular complexity index is 514. The Kier molecular flexibility index (Phi) is 4.67. The topological polar surface area (TPSA) is 58.6 Å². The number of aliphatic hydroxyl groups excluding tert-OH is 1. The van der Waals surface area contributed by atoms with Crippen LogP contribution in [0.1, 0.15) is 31.2 Å². The van der Waals surface area contributed by atoms with Crippen LogP contribution < -0.4 is 10.1 Å². The van der Waals surface area contributed by atoms with Gasteiger partial charge in [0.15, 0.2) is 0 Å². The maximum Gasteiger partial charge on any atom is 0.225 e. The summed E-state index contributed by atoms with van der Waals surface area (Å²) < 4.78 is 5.20. The lowest BCUT2D eigenvalue weighted by molar-refractivity contribution is -0.131. The average molecular weight is 303 g/mol. The number of carbonyl (C=O) groups excluding carboxylic acids is 1. The van der Waals surface area contributed by atoms with Gasteiger partial charge >= 0.3 is 0 Å². The van der Waals surface area contributed by atoms with E-state index >= 15 is 0 Å². The van der Waals surface area contributed by atoms with Crippen molar-refractivity contribution in [2.24, 2.45) is 17.8 Å². The van der Waals surface area contributed by atoms with Crippen LogP contribution in [0.4, 0.5) is 0 Å². The molecule has 3 rings (SSSR count). The molecule has 1 aliphatic heterocycles. The smallest absolute Gasteiger partial charge is 0.225 e. The number of benzene rings is 1. The van der Waals surface area contributed by atoms with E-state index in [0.29, 0.717) is 17.9 Å². The number of methoxy groups -OCH3 is 1. The number of amides is 1. The Labute approximate surface area is 131 Å². The lowest BCUT2D eigenvalue weighted by atomic mass is 9.70. The van der Waals surface area contributed by atoms with E-state index in [1.807, 2.05) is 12.1 Å². The first-order chi connectivity index (χ1) is 10.7. The molecule has 0 radical (unpaired) electrons. The van der Waals surface area contributed by atoms with Gasteiger partial charge in [-0.1, -0.05) is 12.1 Å². The Hall–Kier alpha value is -1.55. The highest BCUT2D eigenvalue weighted by atomic mass is 16.5. The maximum absolute atomic E-state index is 11.8. The normalized spacial score (nSPS) is 31.3. The Morgan fingerprint density at radius 1 is 1.23 bits per heavy atom. The van der Waals surface area contributed by atoms with Gasteiger partial charge in [0.05, 0.1) is 19.6 Å². The molecule has 4 nitrogen and oxygen atoms in total. The Morgan fingerprint density at radius 3 is 2.68 bits per heavy atom. The molecule has 0 aromatic heterocycles. The largest absolute Gasteiger partial charge is 0.497 e. The summed E-state index contributed by atoms with van der Waals surface area (Å²) in [5, 5.41) is 12.4. The minimum Gasteiger partial charge on any atom is -0.497 e. The molecule has 4 heteroatoms. The molecule has 4 unspecified atom stereocenters. The van der Waals surface area contributed by atoms with Crippen molar-refractivity contribution in [1.29, 1.82) is 0 Å². The van der Waals surface area contributed by atoms with Gasteiger partial charge in [-0.2, -0.15) is 0 Å². The predicted molar refractivity (Wildman–Crippen MR) is 84.7 cm³/mol. The van der Waals surface area contributed by atoms with Gasteiger partial charge in [-0.25, -0.2) is 0 Å². The average Bonchev–Trinajstić information content (AvgIpc) is 2.55. The second-order valence-corrected chi connectivity index (χ2v) is 6.72. The highest BCUT2D eigenvalue weighted by Crippen LogP contribution is 2.37. The third-order valence-electron chi connectivity index (χ3n) is 5.28. The molecular formula is C18H25NO3. The molecule has 1 heterocycles. The van der Waals surface area contributed by atoms with E-state index in [1.54, 1.807) is 7.11 Å². The fourth-order valence-corrected chi connectivity index (χ4v) is 4.02. The molecule has 1 amide bonds. The van der Waals surface area contributed by atoms with E-state index < -0.39 is 0 Å². The molecule has 1 aromatic rings. The third kappa shape index (κ3) is 3.27. The zero-order valence-corrected chi connectivity index (χ0v) is 13.1. The lowest BCUT2D eigenvalue weighted by Gasteiger charge is -2.42. The third-order valence-corrected chi connectivity index (χ3v) is 5.28. The lowest BCUT2D eigenvalue weighted by Crippen LogP contribution is -2.52. The first-order valence-electron chi connectivity index (χ1n) is 8.23. The van der Waals surface area contributed by atoms with Crippen LogP contribution in [0.15, 0.2) is 24.3 Å². The number of fused-ring (bicyclic) bond motifs is 1. The van der Waals surface area contributed by atoms with Crippen LogP contribution in [0.2, 0.25) is 0 Å². The van der Waals surface area contributed by atoms with Crippen LogP contribution in [0.5, 0.6) is 5.75 Å². The molecule has 1 saturated carbocycles. The van der Waals surface area contributed by atoms with Gasteiger partial charge in [0.2, 0.25) is 5.91 Å². The molecule has 22 heavy (non-hydrogen) atoms. The molecule has 2 aliphatic rings. The minimum atomic E-state index is -0.207. The number of piperidine rings is 1. The highest BCUT2D eigenvalue weighted by molar-refractivity contribution is 5.80. The minimum absolute atomic E-state index is 0.0296. The van der Waals surface area contributed by atoms with Crippen LogP contribution >= 0.6 is 0 Å². The number of hydrogen-bond acceptors (Lipinski definition) is 3. The number of rotatable bonds is 4. The molecule has 1 saturated heterocycles.